The molecule has 0 radical (unpaired) electrons. The van der Waals surface area contributed by atoms with E-state index in [4.69, 9.17) is 16.9 Å². The Morgan fingerprint density at radius 3 is 2.83 bits per heavy atom. The maximum Gasteiger partial charge on any atom is 0.101 e. The molecule has 0 atom stereocenters. The lowest BCUT2D eigenvalue weighted by molar-refractivity contribution is 0.107. The number of benzene rings is 1. The first-order chi connectivity index (χ1) is 8.42. The molecule has 0 heterocycles. The third-order valence-electron chi connectivity index (χ3n) is 2.12. The van der Waals surface area contributed by atoms with E-state index in [0.717, 1.165) is 18.0 Å². The van der Waals surface area contributed by atoms with Crippen molar-refractivity contribution in [2.75, 3.05) is 23.4 Å². The average molecular weight is 285 g/mol. The number of halogens is 1. The zero-order valence-electron chi connectivity index (χ0n) is 10.5. The van der Waals surface area contributed by atoms with Crippen molar-refractivity contribution in [3.63, 3.8) is 0 Å². The molecule has 1 aromatic rings. The molecule has 0 spiro atoms. The van der Waals surface area contributed by atoms with E-state index < -0.39 is 5.60 Å². The number of thioether (sulfide) groups is 1. The maximum absolute atomic E-state index is 9.55. The first kappa shape index (κ1) is 15.2. The molecule has 0 aliphatic rings. The van der Waals surface area contributed by atoms with Gasteiger partial charge in [0.25, 0.3) is 0 Å². The number of nitrogens with one attached hydrogen (secondary N) is 1. The zero-order chi connectivity index (χ0) is 13.6. The van der Waals surface area contributed by atoms with E-state index in [2.05, 4.69) is 11.4 Å². The van der Waals surface area contributed by atoms with E-state index in [-0.39, 0.29) is 0 Å². The second kappa shape index (κ2) is 6.89. The van der Waals surface area contributed by atoms with Gasteiger partial charge in [-0.25, -0.2) is 0 Å². The van der Waals surface area contributed by atoms with Crippen LogP contribution in [0, 0.1) is 11.3 Å². The van der Waals surface area contributed by atoms with Gasteiger partial charge in [-0.1, -0.05) is 11.6 Å². The van der Waals surface area contributed by atoms with E-state index in [1.807, 2.05) is 0 Å². The van der Waals surface area contributed by atoms with Crippen LogP contribution < -0.4 is 5.32 Å². The molecule has 0 saturated heterocycles. The summed E-state index contributed by atoms with van der Waals surface area (Å²) >= 11 is 7.55. The molecule has 0 unspecified atom stereocenters. The molecule has 18 heavy (non-hydrogen) atoms. The van der Waals surface area contributed by atoms with E-state index in [1.165, 1.54) is 0 Å². The highest BCUT2D eigenvalue weighted by Crippen LogP contribution is 2.20. The number of hydrogen-bond donors (Lipinski definition) is 2. The Labute approximate surface area is 117 Å². The highest BCUT2D eigenvalue weighted by atomic mass is 35.5. The standard InChI is InChI=1S/C13H17ClN2OS/c1-13(2,17)9-18-6-5-16-12-7-11(14)4-3-10(12)8-15/h3-4,7,16-17H,5-6,9H2,1-2H3. The van der Waals surface area contributed by atoms with Crippen molar-refractivity contribution in [3.8, 4) is 6.07 Å². The Hall–Kier alpha value is -0.890. The number of nitriles is 1. The Morgan fingerprint density at radius 2 is 2.22 bits per heavy atom. The van der Waals surface area contributed by atoms with Gasteiger partial charge in [0.05, 0.1) is 16.9 Å². The van der Waals surface area contributed by atoms with E-state index in [0.29, 0.717) is 16.3 Å². The first-order valence-corrected chi connectivity index (χ1v) is 7.19. The Morgan fingerprint density at radius 1 is 1.50 bits per heavy atom. The molecule has 0 aromatic heterocycles. The van der Waals surface area contributed by atoms with Gasteiger partial charge < -0.3 is 10.4 Å². The van der Waals surface area contributed by atoms with Crippen LogP contribution in [0.5, 0.6) is 0 Å². The van der Waals surface area contributed by atoms with Crippen LogP contribution in [0.4, 0.5) is 5.69 Å². The maximum atomic E-state index is 9.55. The molecule has 0 aliphatic carbocycles. The molecule has 0 saturated carbocycles. The third-order valence-corrected chi connectivity index (χ3v) is 3.76. The number of rotatable bonds is 6. The van der Waals surface area contributed by atoms with Crippen molar-refractivity contribution in [3.05, 3.63) is 28.8 Å². The minimum absolute atomic E-state index is 0.590. The summed E-state index contributed by atoms with van der Waals surface area (Å²) in [6.07, 6.45) is 0. The van der Waals surface area contributed by atoms with Crippen molar-refractivity contribution in [2.24, 2.45) is 0 Å². The van der Waals surface area contributed by atoms with Crippen LogP contribution in [0.25, 0.3) is 0 Å². The largest absolute Gasteiger partial charge is 0.390 e. The molecule has 1 rings (SSSR count). The molecule has 2 N–H and O–H groups in total. The summed E-state index contributed by atoms with van der Waals surface area (Å²) in [6.45, 7) is 4.31. The monoisotopic (exact) mass is 284 g/mol. The van der Waals surface area contributed by atoms with Gasteiger partial charge in [0, 0.05) is 23.1 Å². The number of aliphatic hydroxyl groups is 1. The molecule has 0 amide bonds. The average Bonchev–Trinajstić information content (AvgIpc) is 2.27. The highest BCUT2D eigenvalue weighted by molar-refractivity contribution is 7.99. The Bertz CT molecular complexity index is 438. The van der Waals surface area contributed by atoms with Crippen LogP contribution in [-0.4, -0.2) is 28.8 Å². The fourth-order valence-electron chi connectivity index (χ4n) is 1.34. The molecule has 3 nitrogen and oxygen atoms in total. The van der Waals surface area contributed by atoms with Crippen LogP contribution >= 0.6 is 23.4 Å². The van der Waals surface area contributed by atoms with Crippen molar-refractivity contribution in [1.82, 2.24) is 0 Å². The summed E-state index contributed by atoms with van der Waals surface area (Å²) in [5.74, 6) is 1.55. The minimum Gasteiger partial charge on any atom is -0.390 e. The zero-order valence-corrected chi connectivity index (χ0v) is 12.1. The smallest absolute Gasteiger partial charge is 0.101 e. The summed E-state index contributed by atoms with van der Waals surface area (Å²) in [5, 5.41) is 22.3. The summed E-state index contributed by atoms with van der Waals surface area (Å²) < 4.78 is 0. The third kappa shape index (κ3) is 5.63. The van der Waals surface area contributed by atoms with Crippen LogP contribution in [0.2, 0.25) is 5.02 Å². The first-order valence-electron chi connectivity index (χ1n) is 5.66. The van der Waals surface area contributed by atoms with E-state index in [1.54, 1.807) is 43.8 Å². The van der Waals surface area contributed by atoms with Gasteiger partial charge in [-0.2, -0.15) is 17.0 Å². The molecular weight excluding hydrogens is 268 g/mol. The van der Waals surface area contributed by atoms with Crippen LogP contribution in [-0.2, 0) is 0 Å². The second-order valence-corrected chi connectivity index (χ2v) is 6.14. The molecule has 98 valence electrons. The molecule has 0 aliphatic heterocycles. The van der Waals surface area contributed by atoms with Gasteiger partial charge in [0.15, 0.2) is 0 Å². The van der Waals surface area contributed by atoms with E-state index in [9.17, 15) is 5.11 Å². The molecule has 0 fully saturated rings. The summed E-state index contributed by atoms with van der Waals surface area (Å²) in [4.78, 5) is 0. The second-order valence-electron chi connectivity index (χ2n) is 4.59. The fraction of sp³-hybridized carbons (Fsp3) is 0.462. The lowest BCUT2D eigenvalue weighted by Gasteiger charge is -2.16. The lowest BCUT2D eigenvalue weighted by Crippen LogP contribution is -2.22. The fourth-order valence-corrected chi connectivity index (χ4v) is 2.40. The van der Waals surface area contributed by atoms with Crippen LogP contribution in [0.15, 0.2) is 18.2 Å². The van der Waals surface area contributed by atoms with Gasteiger partial charge in [-0.3, -0.25) is 0 Å². The molecule has 0 bridgehead atoms. The topological polar surface area (TPSA) is 56.0 Å². The lowest BCUT2D eigenvalue weighted by atomic mass is 10.2. The predicted octanol–water partition coefficient (Wildman–Crippen LogP) is 3.13. The van der Waals surface area contributed by atoms with Crippen LogP contribution in [0.3, 0.4) is 0 Å². The minimum atomic E-state index is -0.640. The molecule has 5 heteroatoms. The normalized spacial score (nSPS) is 11.1. The molecule has 1 aromatic carbocycles. The van der Waals surface area contributed by atoms with Gasteiger partial charge >= 0.3 is 0 Å². The Balaban J connectivity index is 2.40. The molecular formula is C13H17ClN2OS. The SMILES string of the molecule is CC(C)(O)CSCCNc1cc(Cl)ccc1C#N. The van der Waals surface area contributed by atoms with Gasteiger partial charge in [0.1, 0.15) is 6.07 Å². The van der Waals surface area contributed by atoms with Gasteiger partial charge in [-0.05, 0) is 32.0 Å². The number of nitrogens with zero attached hydrogens (tertiary/aromatic N) is 1. The highest BCUT2D eigenvalue weighted by Gasteiger charge is 2.11. The summed E-state index contributed by atoms with van der Waals surface area (Å²) in [6, 6.07) is 7.28. The quantitative estimate of drug-likeness (QED) is 0.788. The van der Waals surface area contributed by atoms with Crippen molar-refractivity contribution >= 4 is 29.1 Å². The predicted molar refractivity (Wildman–Crippen MR) is 78.3 cm³/mol. The number of anilines is 1. The number of hydrogen-bond acceptors (Lipinski definition) is 4. The van der Waals surface area contributed by atoms with Gasteiger partial charge in [-0.15, -0.1) is 0 Å². The van der Waals surface area contributed by atoms with Crippen molar-refractivity contribution < 1.29 is 5.11 Å². The van der Waals surface area contributed by atoms with Crippen molar-refractivity contribution in [2.45, 2.75) is 19.4 Å². The van der Waals surface area contributed by atoms with Crippen molar-refractivity contribution in [1.29, 1.82) is 5.26 Å². The Kier molecular flexibility index (Phi) is 5.80. The van der Waals surface area contributed by atoms with E-state index >= 15 is 0 Å². The summed E-state index contributed by atoms with van der Waals surface area (Å²) in [5.41, 5.74) is 0.708. The summed E-state index contributed by atoms with van der Waals surface area (Å²) in [7, 11) is 0. The van der Waals surface area contributed by atoms with Gasteiger partial charge in [0.2, 0.25) is 0 Å². The van der Waals surface area contributed by atoms with Crippen LogP contribution in [0.1, 0.15) is 19.4 Å².